The first-order chi connectivity index (χ1) is 10.8. The van der Waals surface area contributed by atoms with E-state index in [0.29, 0.717) is 0 Å². The van der Waals surface area contributed by atoms with Crippen molar-refractivity contribution in [2.75, 3.05) is 0 Å². The number of rotatable bonds is 5. The standard InChI is InChI=1S/2C8H8.C6H12/c2*1-2-8-6-4-3-5-7-8;1-3-5-6-4-2/h2*2-7H,1H2;3H,1,4-6H2,2H3. The van der Waals surface area contributed by atoms with Gasteiger partial charge in [-0.3, -0.25) is 0 Å². The zero-order valence-corrected chi connectivity index (χ0v) is 13.7. The monoisotopic (exact) mass is 292 g/mol. The lowest BCUT2D eigenvalue weighted by Gasteiger charge is -1.85. The molecule has 0 aromatic heterocycles. The summed E-state index contributed by atoms with van der Waals surface area (Å²) in [4.78, 5) is 0. The molecule has 0 aliphatic carbocycles. The highest BCUT2D eigenvalue weighted by Gasteiger charge is 1.76. The Morgan fingerprint density at radius 1 is 0.727 bits per heavy atom. The number of hydrogen-bond acceptors (Lipinski definition) is 0. The van der Waals surface area contributed by atoms with Gasteiger partial charge >= 0.3 is 0 Å². The van der Waals surface area contributed by atoms with Gasteiger partial charge in [-0.1, -0.05) is 112 Å². The van der Waals surface area contributed by atoms with Gasteiger partial charge in [0.2, 0.25) is 0 Å². The first-order valence-corrected chi connectivity index (χ1v) is 7.74. The van der Waals surface area contributed by atoms with Crippen LogP contribution in [0.5, 0.6) is 0 Å². The van der Waals surface area contributed by atoms with Gasteiger partial charge in [-0.2, -0.15) is 0 Å². The summed E-state index contributed by atoms with van der Waals surface area (Å²) in [6.07, 6.45) is 9.38. The first-order valence-electron chi connectivity index (χ1n) is 7.74. The molecule has 0 heterocycles. The van der Waals surface area contributed by atoms with Gasteiger partial charge in [0.25, 0.3) is 0 Å². The molecular formula is C22H28. The van der Waals surface area contributed by atoms with Crippen molar-refractivity contribution in [3.05, 3.63) is 97.6 Å². The molecule has 0 atom stereocenters. The molecule has 0 amide bonds. The minimum absolute atomic E-state index is 1.17. The molecular weight excluding hydrogens is 264 g/mol. The lowest BCUT2D eigenvalue weighted by Crippen LogP contribution is -1.63. The van der Waals surface area contributed by atoms with E-state index in [9.17, 15) is 0 Å². The third kappa shape index (κ3) is 11.5. The summed E-state index contributed by atoms with van der Waals surface area (Å²) in [6.45, 7) is 13.0. The number of unbranched alkanes of at least 4 members (excludes halogenated alkanes) is 2. The smallest absolute Gasteiger partial charge is 0.0263 e. The summed E-state index contributed by atoms with van der Waals surface area (Å²) in [7, 11) is 0. The highest BCUT2D eigenvalue weighted by Crippen LogP contribution is 1.98. The topological polar surface area (TPSA) is 0 Å². The van der Waals surface area contributed by atoms with Crippen LogP contribution in [0.3, 0.4) is 0 Å². The Balaban J connectivity index is 0.000000306. The summed E-state index contributed by atoms with van der Waals surface area (Å²) in [5.41, 5.74) is 2.35. The van der Waals surface area contributed by atoms with Crippen LogP contribution in [0.2, 0.25) is 0 Å². The van der Waals surface area contributed by atoms with Crippen LogP contribution in [-0.2, 0) is 0 Å². The van der Waals surface area contributed by atoms with E-state index in [4.69, 9.17) is 0 Å². The molecule has 0 aliphatic heterocycles. The van der Waals surface area contributed by atoms with Crippen molar-refractivity contribution in [3.63, 3.8) is 0 Å². The Bertz CT molecular complexity index is 451. The molecule has 116 valence electrons. The van der Waals surface area contributed by atoms with Crippen molar-refractivity contribution in [2.45, 2.75) is 26.2 Å². The molecule has 0 aliphatic rings. The Hall–Kier alpha value is -2.34. The van der Waals surface area contributed by atoms with Crippen molar-refractivity contribution >= 4 is 12.2 Å². The van der Waals surface area contributed by atoms with E-state index in [-0.39, 0.29) is 0 Å². The predicted octanol–water partition coefficient (Wildman–Crippen LogP) is 7.02. The zero-order chi connectivity index (χ0) is 16.5. The van der Waals surface area contributed by atoms with E-state index in [2.05, 4.69) is 26.7 Å². The van der Waals surface area contributed by atoms with Crippen molar-refractivity contribution in [3.8, 4) is 0 Å². The van der Waals surface area contributed by atoms with E-state index in [1.165, 1.54) is 30.4 Å². The molecule has 0 saturated heterocycles. The third-order valence-corrected chi connectivity index (χ3v) is 2.83. The highest BCUT2D eigenvalue weighted by molar-refractivity contribution is 5.46. The molecule has 22 heavy (non-hydrogen) atoms. The zero-order valence-electron chi connectivity index (χ0n) is 13.7. The lowest BCUT2D eigenvalue weighted by atomic mass is 10.2. The molecule has 0 saturated carbocycles. The van der Waals surface area contributed by atoms with Crippen molar-refractivity contribution in [1.82, 2.24) is 0 Å². The molecule has 2 aromatic rings. The Kier molecular flexibility index (Phi) is 13.5. The van der Waals surface area contributed by atoms with Crippen LogP contribution in [0.4, 0.5) is 0 Å². The summed E-state index contributed by atoms with van der Waals surface area (Å²) < 4.78 is 0. The van der Waals surface area contributed by atoms with Crippen LogP contribution in [0.15, 0.2) is 86.5 Å². The number of benzene rings is 2. The second kappa shape index (κ2) is 15.1. The average Bonchev–Trinajstić information content (AvgIpc) is 2.62. The molecule has 0 heteroatoms. The molecule has 0 nitrogen and oxygen atoms in total. The van der Waals surface area contributed by atoms with E-state index in [0.717, 1.165) is 0 Å². The Labute approximate surface area is 136 Å². The maximum Gasteiger partial charge on any atom is -0.0263 e. The first kappa shape index (κ1) is 19.7. The molecule has 0 bridgehead atoms. The lowest BCUT2D eigenvalue weighted by molar-refractivity contribution is 0.816. The van der Waals surface area contributed by atoms with E-state index >= 15 is 0 Å². The quantitative estimate of drug-likeness (QED) is 0.410. The molecule has 0 unspecified atom stereocenters. The van der Waals surface area contributed by atoms with Crippen LogP contribution in [-0.4, -0.2) is 0 Å². The van der Waals surface area contributed by atoms with E-state index in [1.54, 1.807) is 0 Å². The number of hydrogen-bond donors (Lipinski definition) is 0. The summed E-state index contributed by atoms with van der Waals surface area (Å²) >= 11 is 0. The summed E-state index contributed by atoms with van der Waals surface area (Å²) in [5.74, 6) is 0. The van der Waals surface area contributed by atoms with Crippen LogP contribution in [0.1, 0.15) is 37.3 Å². The fourth-order valence-corrected chi connectivity index (χ4v) is 1.53. The van der Waals surface area contributed by atoms with Gasteiger partial charge < -0.3 is 0 Å². The molecule has 0 spiro atoms. The van der Waals surface area contributed by atoms with E-state index in [1.807, 2.05) is 78.9 Å². The largest absolute Gasteiger partial charge is 0.103 e. The molecule has 2 rings (SSSR count). The highest BCUT2D eigenvalue weighted by atomic mass is 13.8. The normalized spacial score (nSPS) is 8.41. The third-order valence-electron chi connectivity index (χ3n) is 2.83. The Morgan fingerprint density at radius 3 is 1.32 bits per heavy atom. The van der Waals surface area contributed by atoms with Crippen molar-refractivity contribution in [1.29, 1.82) is 0 Å². The van der Waals surface area contributed by atoms with Gasteiger partial charge in [0, 0.05) is 0 Å². The van der Waals surface area contributed by atoms with Gasteiger partial charge in [-0.15, -0.1) is 6.58 Å². The molecule has 0 radical (unpaired) electrons. The molecule has 0 fully saturated rings. The van der Waals surface area contributed by atoms with Crippen molar-refractivity contribution < 1.29 is 0 Å². The predicted molar refractivity (Wildman–Crippen MR) is 103 cm³/mol. The molecule has 2 aromatic carbocycles. The van der Waals surface area contributed by atoms with Crippen LogP contribution in [0.25, 0.3) is 12.2 Å². The average molecular weight is 292 g/mol. The summed E-state index contributed by atoms with van der Waals surface area (Å²) in [5, 5.41) is 0. The summed E-state index contributed by atoms with van der Waals surface area (Å²) in [6, 6.07) is 20.1. The second-order valence-corrected chi connectivity index (χ2v) is 4.66. The van der Waals surface area contributed by atoms with Gasteiger partial charge in [-0.25, -0.2) is 0 Å². The van der Waals surface area contributed by atoms with Gasteiger partial charge in [-0.05, 0) is 17.5 Å². The number of allylic oxidation sites excluding steroid dienone is 1. The van der Waals surface area contributed by atoms with E-state index < -0.39 is 0 Å². The minimum Gasteiger partial charge on any atom is -0.103 e. The van der Waals surface area contributed by atoms with Crippen LogP contribution in [0, 0.1) is 0 Å². The Morgan fingerprint density at radius 2 is 1.14 bits per heavy atom. The SMILES string of the molecule is C=CCCCC.C=Cc1ccccc1.C=Cc1ccccc1. The van der Waals surface area contributed by atoms with Crippen LogP contribution >= 0.6 is 0 Å². The van der Waals surface area contributed by atoms with Crippen molar-refractivity contribution in [2.24, 2.45) is 0 Å². The minimum atomic E-state index is 1.17. The maximum absolute atomic E-state index is 3.63. The maximum atomic E-state index is 3.63. The van der Waals surface area contributed by atoms with Gasteiger partial charge in [0.1, 0.15) is 0 Å². The van der Waals surface area contributed by atoms with Crippen LogP contribution < -0.4 is 0 Å². The van der Waals surface area contributed by atoms with Gasteiger partial charge in [0.05, 0.1) is 0 Å². The fourth-order valence-electron chi connectivity index (χ4n) is 1.53. The van der Waals surface area contributed by atoms with Gasteiger partial charge in [0.15, 0.2) is 0 Å². The molecule has 0 N–H and O–H groups in total. The fraction of sp³-hybridized carbons (Fsp3) is 0.182. The second-order valence-electron chi connectivity index (χ2n) is 4.66.